The third-order valence-electron chi connectivity index (χ3n) is 1.57. The average Bonchev–Trinajstić information content (AvgIpc) is 2.72. The monoisotopic (exact) mass is 189 g/mol. The van der Waals surface area contributed by atoms with Crippen LogP contribution in [0.25, 0.3) is 0 Å². The quantitative estimate of drug-likeness (QED) is 0.724. The minimum Gasteiger partial charge on any atom is -0.267 e. The summed E-state index contributed by atoms with van der Waals surface area (Å²) in [4.78, 5) is 15.3. The number of carbonyl (C=O) groups excluding carboxylic acids is 1. The fraction of sp³-hybridized carbons (Fsp3) is 0. The van der Waals surface area contributed by atoms with Gasteiger partial charge in [0.2, 0.25) is 0 Å². The van der Waals surface area contributed by atoms with Crippen LogP contribution in [0.4, 0.5) is 0 Å². The van der Waals surface area contributed by atoms with Crippen molar-refractivity contribution in [1.29, 1.82) is 0 Å². The van der Waals surface area contributed by atoms with Crippen LogP contribution in [0, 0.1) is 0 Å². The molecule has 0 spiro atoms. The molecule has 0 saturated heterocycles. The molecule has 0 aliphatic carbocycles. The van der Waals surface area contributed by atoms with Crippen LogP contribution in [0.3, 0.4) is 0 Å². The van der Waals surface area contributed by atoms with Crippen molar-refractivity contribution in [2.45, 2.75) is 0 Å². The fourth-order valence-electron chi connectivity index (χ4n) is 0.937. The van der Waals surface area contributed by atoms with Gasteiger partial charge in [-0.15, -0.1) is 10.2 Å². The van der Waals surface area contributed by atoms with Gasteiger partial charge < -0.3 is 0 Å². The van der Waals surface area contributed by atoms with Crippen LogP contribution in [-0.2, 0) is 0 Å². The number of hydrogen-bond acceptors (Lipinski definition) is 4. The predicted octanol–water partition coefficient (Wildman–Crippen LogP) is 0.0570. The van der Waals surface area contributed by atoms with E-state index in [0.717, 1.165) is 0 Å². The Balaban J connectivity index is 2.11. The predicted molar refractivity (Wildman–Crippen MR) is 48.0 cm³/mol. The summed E-state index contributed by atoms with van der Waals surface area (Å²) in [5, 5.41) is 7.10. The second-order valence-electron chi connectivity index (χ2n) is 2.55. The van der Waals surface area contributed by atoms with Crippen molar-refractivity contribution in [3.05, 3.63) is 42.7 Å². The van der Waals surface area contributed by atoms with Crippen molar-refractivity contribution >= 4 is 5.91 Å². The van der Waals surface area contributed by atoms with E-state index >= 15 is 0 Å². The molecule has 2 heterocycles. The van der Waals surface area contributed by atoms with Crippen LogP contribution in [-0.4, -0.2) is 25.8 Å². The van der Waals surface area contributed by atoms with E-state index in [0.29, 0.717) is 5.56 Å². The van der Waals surface area contributed by atoms with E-state index in [1.54, 1.807) is 18.3 Å². The van der Waals surface area contributed by atoms with Gasteiger partial charge in [0.15, 0.2) is 0 Å². The van der Waals surface area contributed by atoms with Gasteiger partial charge in [-0.25, -0.2) is 4.68 Å². The Morgan fingerprint density at radius 3 is 2.79 bits per heavy atom. The van der Waals surface area contributed by atoms with Gasteiger partial charge in [-0.2, -0.15) is 0 Å². The summed E-state index contributed by atoms with van der Waals surface area (Å²) in [5.74, 6) is -0.252. The van der Waals surface area contributed by atoms with E-state index in [1.807, 2.05) is 0 Å². The van der Waals surface area contributed by atoms with E-state index in [2.05, 4.69) is 20.6 Å². The molecule has 0 fully saturated rings. The highest BCUT2D eigenvalue weighted by Crippen LogP contribution is 1.95. The van der Waals surface area contributed by atoms with Crippen LogP contribution in [0.2, 0.25) is 0 Å². The second-order valence-corrected chi connectivity index (χ2v) is 2.55. The third kappa shape index (κ3) is 1.74. The topological polar surface area (TPSA) is 72.7 Å². The fourth-order valence-corrected chi connectivity index (χ4v) is 0.937. The normalized spacial score (nSPS) is 9.71. The van der Waals surface area contributed by atoms with Crippen molar-refractivity contribution in [2.75, 3.05) is 5.43 Å². The Morgan fingerprint density at radius 1 is 1.36 bits per heavy atom. The summed E-state index contributed by atoms with van der Waals surface area (Å²) in [7, 11) is 0. The van der Waals surface area contributed by atoms with Crippen LogP contribution in [0.5, 0.6) is 0 Å². The summed E-state index contributed by atoms with van der Waals surface area (Å²) < 4.78 is 1.37. The van der Waals surface area contributed by atoms with Gasteiger partial charge in [-0.3, -0.25) is 15.2 Å². The Hall–Kier alpha value is -2.24. The molecule has 14 heavy (non-hydrogen) atoms. The molecule has 1 amide bonds. The van der Waals surface area contributed by atoms with Crippen molar-refractivity contribution < 1.29 is 4.79 Å². The summed E-state index contributed by atoms with van der Waals surface area (Å²) in [6.45, 7) is 0. The summed E-state index contributed by atoms with van der Waals surface area (Å²) in [6.07, 6.45) is 5.89. The van der Waals surface area contributed by atoms with Crippen LogP contribution in [0.15, 0.2) is 37.2 Å². The second kappa shape index (κ2) is 3.65. The number of amides is 1. The lowest BCUT2D eigenvalue weighted by Gasteiger charge is -2.02. The first kappa shape index (κ1) is 8.36. The van der Waals surface area contributed by atoms with Gasteiger partial charge in [0.05, 0.1) is 5.56 Å². The van der Waals surface area contributed by atoms with Gasteiger partial charge in [0, 0.05) is 12.4 Å². The summed E-state index contributed by atoms with van der Waals surface area (Å²) in [5.41, 5.74) is 3.04. The first-order chi connectivity index (χ1) is 6.86. The number of nitrogens with zero attached hydrogens (tertiary/aromatic N) is 4. The minimum atomic E-state index is -0.252. The van der Waals surface area contributed by atoms with Crippen molar-refractivity contribution in [3.8, 4) is 0 Å². The summed E-state index contributed by atoms with van der Waals surface area (Å²) >= 11 is 0. The molecule has 0 radical (unpaired) electrons. The molecule has 6 heteroatoms. The van der Waals surface area contributed by atoms with E-state index in [9.17, 15) is 4.79 Å². The lowest BCUT2D eigenvalue weighted by atomic mass is 10.3. The Bertz CT molecular complexity index is 411. The van der Waals surface area contributed by atoms with E-state index < -0.39 is 0 Å². The van der Waals surface area contributed by atoms with E-state index in [-0.39, 0.29) is 5.91 Å². The largest absolute Gasteiger partial charge is 0.271 e. The molecule has 0 aliphatic heterocycles. The zero-order valence-electron chi connectivity index (χ0n) is 7.16. The Morgan fingerprint density at radius 2 is 2.14 bits per heavy atom. The zero-order chi connectivity index (χ0) is 9.80. The van der Waals surface area contributed by atoms with Crippen LogP contribution < -0.4 is 5.43 Å². The number of hydrogen-bond donors (Lipinski definition) is 1. The van der Waals surface area contributed by atoms with Gasteiger partial charge in [-0.1, -0.05) is 0 Å². The maximum Gasteiger partial charge on any atom is 0.271 e. The number of nitrogens with one attached hydrogen (secondary N) is 1. The highest BCUT2D eigenvalue weighted by molar-refractivity contribution is 5.99. The first-order valence-corrected chi connectivity index (χ1v) is 3.92. The van der Waals surface area contributed by atoms with Crippen molar-refractivity contribution in [2.24, 2.45) is 0 Å². The Kier molecular flexibility index (Phi) is 2.18. The SMILES string of the molecule is O=C(Nn1cnnc1)c1cccnc1. The van der Waals surface area contributed by atoms with Gasteiger partial charge in [-0.05, 0) is 12.1 Å². The highest BCUT2D eigenvalue weighted by atomic mass is 16.2. The standard InChI is InChI=1S/C8H7N5O/c14-8(7-2-1-3-9-4-7)12-13-5-10-11-6-13/h1-6H,(H,12,14). The van der Waals surface area contributed by atoms with Gasteiger partial charge in [0.25, 0.3) is 5.91 Å². The molecular formula is C8H7N5O. The van der Waals surface area contributed by atoms with Gasteiger partial charge >= 0.3 is 0 Å². The molecule has 0 saturated carbocycles. The molecule has 0 unspecified atom stereocenters. The number of rotatable bonds is 2. The number of pyridine rings is 1. The lowest BCUT2D eigenvalue weighted by Crippen LogP contribution is -2.21. The third-order valence-corrected chi connectivity index (χ3v) is 1.57. The number of carbonyl (C=O) groups is 1. The molecule has 2 aromatic heterocycles. The molecule has 0 atom stereocenters. The molecule has 0 aromatic carbocycles. The molecule has 0 bridgehead atoms. The Labute approximate surface area is 79.6 Å². The number of aromatic nitrogens is 4. The first-order valence-electron chi connectivity index (χ1n) is 3.92. The van der Waals surface area contributed by atoms with Gasteiger partial charge in [0.1, 0.15) is 12.7 Å². The maximum atomic E-state index is 11.5. The van der Waals surface area contributed by atoms with Crippen LogP contribution in [0.1, 0.15) is 10.4 Å². The lowest BCUT2D eigenvalue weighted by molar-refractivity contribution is 0.101. The molecule has 1 N–H and O–H groups in total. The van der Waals surface area contributed by atoms with E-state index in [1.165, 1.54) is 23.5 Å². The smallest absolute Gasteiger partial charge is 0.267 e. The highest BCUT2D eigenvalue weighted by Gasteiger charge is 2.04. The molecule has 6 nitrogen and oxygen atoms in total. The summed E-state index contributed by atoms with van der Waals surface area (Å²) in [6, 6.07) is 3.37. The molecular weight excluding hydrogens is 182 g/mol. The van der Waals surface area contributed by atoms with E-state index in [4.69, 9.17) is 0 Å². The molecule has 0 aliphatic rings. The maximum absolute atomic E-state index is 11.5. The van der Waals surface area contributed by atoms with Crippen molar-refractivity contribution in [1.82, 2.24) is 19.9 Å². The molecule has 70 valence electrons. The molecule has 2 aromatic rings. The van der Waals surface area contributed by atoms with Crippen molar-refractivity contribution in [3.63, 3.8) is 0 Å². The zero-order valence-corrected chi connectivity index (χ0v) is 7.16. The van der Waals surface area contributed by atoms with Crippen LogP contribution >= 0.6 is 0 Å². The minimum absolute atomic E-state index is 0.252. The molecule has 2 rings (SSSR count). The average molecular weight is 189 g/mol.